The number of fused-ring (bicyclic) bond motifs is 1. The Morgan fingerprint density at radius 2 is 1.72 bits per heavy atom. The van der Waals surface area contributed by atoms with Gasteiger partial charge in [0.25, 0.3) is 11.8 Å². The molecular formula is C12H13N3O3. The van der Waals surface area contributed by atoms with E-state index in [0.29, 0.717) is 43.1 Å². The lowest BCUT2D eigenvalue weighted by Crippen LogP contribution is -2.51. The van der Waals surface area contributed by atoms with Crippen LogP contribution in [0.2, 0.25) is 0 Å². The van der Waals surface area contributed by atoms with Crippen molar-refractivity contribution < 1.29 is 14.3 Å². The van der Waals surface area contributed by atoms with Crippen LogP contribution < -0.4 is 5.73 Å². The number of carbonyl (C=O) groups excluding carboxylic acids is 2. The normalized spacial score (nSPS) is 20.3. The smallest absolute Gasteiger partial charge is 0.276 e. The van der Waals surface area contributed by atoms with Gasteiger partial charge < -0.3 is 10.5 Å². The average molecular weight is 247 g/mol. The Labute approximate surface area is 104 Å². The Hall–Kier alpha value is -1.92. The zero-order chi connectivity index (χ0) is 12.7. The van der Waals surface area contributed by atoms with E-state index >= 15 is 0 Å². The standard InChI is InChI=1S/C12H13N3O3/c13-8-1-2-9-10(7-8)12(17)15(11(9)16)14-3-5-18-6-4-14/h1-2,7H,3-6,13H2. The van der Waals surface area contributed by atoms with E-state index in [1.807, 2.05) is 0 Å². The highest BCUT2D eigenvalue weighted by molar-refractivity contribution is 6.21. The zero-order valence-electron chi connectivity index (χ0n) is 9.76. The number of imide groups is 1. The highest BCUT2D eigenvalue weighted by Crippen LogP contribution is 2.26. The molecule has 94 valence electrons. The highest BCUT2D eigenvalue weighted by atomic mass is 16.5. The second-order valence-corrected chi connectivity index (χ2v) is 4.29. The van der Waals surface area contributed by atoms with Gasteiger partial charge in [-0.05, 0) is 18.2 Å². The predicted octanol–water partition coefficient (Wildman–Crippen LogP) is 0.112. The molecule has 0 aromatic heterocycles. The van der Waals surface area contributed by atoms with Gasteiger partial charge in [-0.15, -0.1) is 0 Å². The average Bonchev–Trinajstić information content (AvgIpc) is 2.63. The number of nitrogens with two attached hydrogens (primary N) is 1. The van der Waals surface area contributed by atoms with E-state index in [9.17, 15) is 9.59 Å². The molecule has 1 saturated heterocycles. The summed E-state index contributed by atoms with van der Waals surface area (Å²) < 4.78 is 5.22. The predicted molar refractivity (Wildman–Crippen MR) is 63.7 cm³/mol. The number of ether oxygens (including phenoxy) is 1. The number of nitrogen functional groups attached to an aromatic ring is 1. The van der Waals surface area contributed by atoms with Crippen molar-refractivity contribution in [2.45, 2.75) is 0 Å². The maximum Gasteiger partial charge on any atom is 0.276 e. The Balaban J connectivity index is 1.96. The molecule has 2 aliphatic rings. The first kappa shape index (κ1) is 11.2. The Morgan fingerprint density at radius 3 is 2.44 bits per heavy atom. The van der Waals surface area contributed by atoms with Crippen LogP contribution in [0.4, 0.5) is 5.69 Å². The Bertz CT molecular complexity index is 523. The molecule has 18 heavy (non-hydrogen) atoms. The van der Waals surface area contributed by atoms with Gasteiger partial charge in [0.2, 0.25) is 0 Å². The summed E-state index contributed by atoms with van der Waals surface area (Å²) in [6, 6.07) is 4.79. The van der Waals surface area contributed by atoms with Crippen molar-refractivity contribution in [3.05, 3.63) is 29.3 Å². The van der Waals surface area contributed by atoms with Crippen molar-refractivity contribution in [2.75, 3.05) is 32.0 Å². The van der Waals surface area contributed by atoms with Gasteiger partial charge in [0.05, 0.1) is 24.3 Å². The summed E-state index contributed by atoms with van der Waals surface area (Å²) in [5.74, 6) is -0.582. The number of morpholine rings is 1. The number of rotatable bonds is 1. The molecule has 0 bridgehead atoms. The molecule has 6 heteroatoms. The molecule has 1 fully saturated rings. The molecule has 0 saturated carbocycles. The van der Waals surface area contributed by atoms with E-state index in [-0.39, 0.29) is 11.8 Å². The number of amides is 2. The highest BCUT2D eigenvalue weighted by Gasteiger charge is 2.39. The third-order valence-corrected chi connectivity index (χ3v) is 3.16. The number of hydrogen-bond acceptors (Lipinski definition) is 5. The fourth-order valence-corrected chi connectivity index (χ4v) is 2.26. The first-order valence-electron chi connectivity index (χ1n) is 5.79. The molecule has 0 unspecified atom stereocenters. The van der Waals surface area contributed by atoms with Crippen molar-refractivity contribution in [3.8, 4) is 0 Å². The second-order valence-electron chi connectivity index (χ2n) is 4.29. The monoisotopic (exact) mass is 247 g/mol. The van der Waals surface area contributed by atoms with Crippen LogP contribution in [-0.2, 0) is 4.74 Å². The van der Waals surface area contributed by atoms with Gasteiger partial charge in [-0.3, -0.25) is 9.59 Å². The molecule has 2 amide bonds. The van der Waals surface area contributed by atoms with Gasteiger partial charge in [-0.1, -0.05) is 0 Å². The molecule has 0 aliphatic carbocycles. The molecule has 3 rings (SSSR count). The lowest BCUT2D eigenvalue weighted by molar-refractivity contribution is -0.0524. The van der Waals surface area contributed by atoms with Crippen molar-refractivity contribution >= 4 is 17.5 Å². The fourth-order valence-electron chi connectivity index (χ4n) is 2.26. The zero-order valence-corrected chi connectivity index (χ0v) is 9.76. The molecular weight excluding hydrogens is 234 g/mol. The SMILES string of the molecule is Nc1ccc2c(c1)C(=O)N(N1CCOCC1)C2=O. The lowest BCUT2D eigenvalue weighted by Gasteiger charge is -2.32. The largest absolute Gasteiger partial charge is 0.399 e. The van der Waals surface area contributed by atoms with Crippen LogP contribution in [0.25, 0.3) is 0 Å². The quantitative estimate of drug-likeness (QED) is 0.563. The van der Waals surface area contributed by atoms with Crippen molar-refractivity contribution in [1.29, 1.82) is 0 Å². The molecule has 2 heterocycles. The Kier molecular flexibility index (Phi) is 2.53. The van der Waals surface area contributed by atoms with Crippen LogP contribution in [0.3, 0.4) is 0 Å². The maximum absolute atomic E-state index is 12.2. The molecule has 1 aromatic carbocycles. The Morgan fingerprint density at radius 1 is 1.06 bits per heavy atom. The minimum atomic E-state index is -0.302. The van der Waals surface area contributed by atoms with E-state index in [4.69, 9.17) is 10.5 Å². The van der Waals surface area contributed by atoms with Gasteiger partial charge >= 0.3 is 0 Å². The van der Waals surface area contributed by atoms with Crippen molar-refractivity contribution in [3.63, 3.8) is 0 Å². The third-order valence-electron chi connectivity index (χ3n) is 3.16. The second kappa shape index (κ2) is 4.08. The number of hydrogen-bond donors (Lipinski definition) is 1. The maximum atomic E-state index is 12.2. The van der Waals surface area contributed by atoms with Gasteiger partial charge in [0.15, 0.2) is 0 Å². The topological polar surface area (TPSA) is 75.9 Å². The molecule has 1 aromatic rings. The summed E-state index contributed by atoms with van der Waals surface area (Å²) in [6.07, 6.45) is 0. The molecule has 0 radical (unpaired) electrons. The van der Waals surface area contributed by atoms with Gasteiger partial charge in [-0.25, -0.2) is 10.0 Å². The summed E-state index contributed by atoms with van der Waals surface area (Å²) >= 11 is 0. The minimum absolute atomic E-state index is 0.281. The summed E-state index contributed by atoms with van der Waals surface area (Å²) in [7, 11) is 0. The van der Waals surface area contributed by atoms with Gasteiger partial charge in [0, 0.05) is 18.8 Å². The number of nitrogens with zero attached hydrogens (tertiary/aromatic N) is 2. The molecule has 6 nitrogen and oxygen atoms in total. The minimum Gasteiger partial charge on any atom is -0.399 e. The van der Waals surface area contributed by atoms with Crippen LogP contribution in [-0.4, -0.2) is 48.1 Å². The van der Waals surface area contributed by atoms with Gasteiger partial charge in [0.1, 0.15) is 0 Å². The van der Waals surface area contributed by atoms with E-state index in [0.717, 1.165) is 0 Å². The molecule has 0 spiro atoms. The number of anilines is 1. The first-order valence-corrected chi connectivity index (χ1v) is 5.79. The fraction of sp³-hybridized carbons (Fsp3) is 0.333. The number of benzene rings is 1. The first-order chi connectivity index (χ1) is 8.68. The van der Waals surface area contributed by atoms with Crippen LogP contribution >= 0.6 is 0 Å². The van der Waals surface area contributed by atoms with E-state index in [2.05, 4.69) is 0 Å². The van der Waals surface area contributed by atoms with Crippen molar-refractivity contribution in [2.24, 2.45) is 0 Å². The summed E-state index contributed by atoms with van der Waals surface area (Å²) in [4.78, 5) is 24.4. The van der Waals surface area contributed by atoms with Crippen molar-refractivity contribution in [1.82, 2.24) is 10.0 Å². The number of hydrazine groups is 1. The molecule has 2 aliphatic heterocycles. The summed E-state index contributed by atoms with van der Waals surface area (Å²) in [6.45, 7) is 2.13. The summed E-state index contributed by atoms with van der Waals surface area (Å²) in [5.41, 5.74) is 6.93. The van der Waals surface area contributed by atoms with Gasteiger partial charge in [-0.2, -0.15) is 0 Å². The molecule has 2 N–H and O–H groups in total. The van der Waals surface area contributed by atoms with Crippen LogP contribution in [0.5, 0.6) is 0 Å². The van der Waals surface area contributed by atoms with Crippen LogP contribution in [0.15, 0.2) is 18.2 Å². The van der Waals surface area contributed by atoms with E-state index in [1.54, 1.807) is 23.2 Å². The van der Waals surface area contributed by atoms with Crippen LogP contribution in [0, 0.1) is 0 Å². The third kappa shape index (κ3) is 1.58. The van der Waals surface area contributed by atoms with E-state index in [1.165, 1.54) is 5.01 Å². The molecule has 0 atom stereocenters. The van der Waals surface area contributed by atoms with Crippen LogP contribution in [0.1, 0.15) is 20.7 Å². The number of carbonyl (C=O) groups is 2. The van der Waals surface area contributed by atoms with E-state index < -0.39 is 0 Å². The lowest BCUT2D eigenvalue weighted by atomic mass is 10.1. The summed E-state index contributed by atoms with van der Waals surface area (Å²) in [5, 5.41) is 2.93.